The molecule has 7 heteroatoms. The molecule has 1 N–H and O–H groups in total. The molecule has 1 atom stereocenters. The predicted molar refractivity (Wildman–Crippen MR) is 127 cm³/mol. The number of benzene rings is 1. The summed E-state index contributed by atoms with van der Waals surface area (Å²) in [6, 6.07) is 8.64. The van der Waals surface area contributed by atoms with Crippen molar-refractivity contribution < 1.29 is 9.47 Å². The van der Waals surface area contributed by atoms with Crippen LogP contribution in [0.3, 0.4) is 0 Å². The lowest BCUT2D eigenvalue weighted by molar-refractivity contribution is -0.00809. The van der Waals surface area contributed by atoms with Crippen LogP contribution in [0.15, 0.2) is 41.7 Å². The molecule has 2 heterocycles. The highest BCUT2D eigenvalue weighted by Gasteiger charge is 2.34. The van der Waals surface area contributed by atoms with Gasteiger partial charge in [0.15, 0.2) is 5.96 Å². The van der Waals surface area contributed by atoms with Gasteiger partial charge in [0.25, 0.3) is 0 Å². The highest BCUT2D eigenvalue weighted by Crippen LogP contribution is 2.40. The van der Waals surface area contributed by atoms with Crippen LogP contribution >= 0.6 is 0 Å². The van der Waals surface area contributed by atoms with E-state index in [-0.39, 0.29) is 11.5 Å². The van der Waals surface area contributed by atoms with Crippen LogP contribution in [0.2, 0.25) is 0 Å². The summed E-state index contributed by atoms with van der Waals surface area (Å²) in [7, 11) is 3.66. The molecule has 1 aromatic carbocycles. The molecule has 1 aromatic heterocycles. The van der Waals surface area contributed by atoms with Crippen molar-refractivity contribution in [1.82, 2.24) is 20.0 Å². The topological polar surface area (TPSA) is 63.9 Å². The quantitative estimate of drug-likeness (QED) is 0.550. The van der Waals surface area contributed by atoms with Gasteiger partial charge in [-0.3, -0.25) is 9.67 Å². The van der Waals surface area contributed by atoms with Crippen LogP contribution in [0, 0.1) is 0 Å². The standard InChI is InChI=1S/C25H37N5O2/c1-4-26-24(30-14-15-32-23(18-30)20-16-28-29(2)17-20)27-19-25(12-6-5-7-13-25)21-8-10-22(31-3)11-9-21/h8-11,16-17,23H,4-7,12-15,18-19H2,1-3H3,(H,26,27). The number of rotatable bonds is 6. The van der Waals surface area contributed by atoms with Gasteiger partial charge < -0.3 is 19.7 Å². The zero-order valence-corrected chi connectivity index (χ0v) is 19.7. The van der Waals surface area contributed by atoms with Gasteiger partial charge in [-0.15, -0.1) is 0 Å². The molecule has 0 amide bonds. The molecule has 4 rings (SSSR count). The van der Waals surface area contributed by atoms with Crippen LogP contribution in [-0.2, 0) is 17.2 Å². The molecule has 2 aromatic rings. The van der Waals surface area contributed by atoms with E-state index in [9.17, 15) is 0 Å². The molecule has 174 valence electrons. The Labute approximate surface area is 191 Å². The second-order valence-electron chi connectivity index (χ2n) is 8.99. The van der Waals surface area contributed by atoms with E-state index in [1.807, 2.05) is 24.1 Å². The summed E-state index contributed by atoms with van der Waals surface area (Å²) >= 11 is 0. The highest BCUT2D eigenvalue weighted by molar-refractivity contribution is 5.80. The molecule has 1 saturated carbocycles. The molecular formula is C25H37N5O2. The number of nitrogens with one attached hydrogen (secondary N) is 1. The number of guanidine groups is 1. The summed E-state index contributed by atoms with van der Waals surface area (Å²) in [6.07, 6.45) is 10.2. The molecule has 1 unspecified atom stereocenters. The van der Waals surface area contributed by atoms with Crippen molar-refractivity contribution >= 4 is 5.96 Å². The van der Waals surface area contributed by atoms with Crippen LogP contribution in [0.25, 0.3) is 0 Å². The first kappa shape index (κ1) is 22.6. The monoisotopic (exact) mass is 439 g/mol. The van der Waals surface area contributed by atoms with Crippen molar-refractivity contribution in [3.05, 3.63) is 47.8 Å². The SMILES string of the molecule is CCNC(=NCC1(c2ccc(OC)cc2)CCCCC1)N1CCOC(c2cnn(C)c2)C1. The van der Waals surface area contributed by atoms with Gasteiger partial charge in [-0.1, -0.05) is 31.4 Å². The zero-order chi connectivity index (χ0) is 22.4. The third kappa shape index (κ3) is 5.09. The molecule has 32 heavy (non-hydrogen) atoms. The number of aromatic nitrogens is 2. The first-order chi connectivity index (χ1) is 15.6. The third-order valence-corrected chi connectivity index (χ3v) is 6.84. The average Bonchev–Trinajstić information content (AvgIpc) is 3.29. The number of aliphatic imine (C=N–C) groups is 1. The fourth-order valence-electron chi connectivity index (χ4n) is 5.01. The number of nitrogens with zero attached hydrogens (tertiary/aromatic N) is 4. The molecule has 0 radical (unpaired) electrons. The van der Waals surface area contributed by atoms with Crippen molar-refractivity contribution in [2.75, 3.05) is 39.9 Å². The van der Waals surface area contributed by atoms with Gasteiger partial charge in [-0.05, 0) is 37.5 Å². The third-order valence-electron chi connectivity index (χ3n) is 6.84. The fraction of sp³-hybridized carbons (Fsp3) is 0.600. The first-order valence-corrected chi connectivity index (χ1v) is 11.9. The van der Waals surface area contributed by atoms with Gasteiger partial charge >= 0.3 is 0 Å². The van der Waals surface area contributed by atoms with Crippen LogP contribution in [-0.4, -0.2) is 60.5 Å². The van der Waals surface area contributed by atoms with Crippen molar-refractivity contribution in [3.8, 4) is 5.75 Å². The highest BCUT2D eigenvalue weighted by atomic mass is 16.5. The van der Waals surface area contributed by atoms with E-state index in [4.69, 9.17) is 14.5 Å². The van der Waals surface area contributed by atoms with E-state index in [0.717, 1.165) is 43.5 Å². The molecule has 0 bridgehead atoms. The van der Waals surface area contributed by atoms with Gasteiger partial charge in [-0.25, -0.2) is 0 Å². The minimum Gasteiger partial charge on any atom is -0.497 e. The van der Waals surface area contributed by atoms with E-state index < -0.39 is 0 Å². The first-order valence-electron chi connectivity index (χ1n) is 11.9. The van der Waals surface area contributed by atoms with Crippen molar-refractivity contribution in [2.24, 2.45) is 12.0 Å². The van der Waals surface area contributed by atoms with Gasteiger partial charge in [0, 0.05) is 37.3 Å². The zero-order valence-electron chi connectivity index (χ0n) is 19.7. The van der Waals surface area contributed by atoms with E-state index in [1.54, 1.807) is 7.11 Å². The Morgan fingerprint density at radius 1 is 1.25 bits per heavy atom. The average molecular weight is 440 g/mol. The Morgan fingerprint density at radius 3 is 2.69 bits per heavy atom. The number of morpholine rings is 1. The van der Waals surface area contributed by atoms with E-state index in [2.05, 4.69) is 46.5 Å². The second-order valence-corrected chi connectivity index (χ2v) is 8.99. The van der Waals surface area contributed by atoms with Crippen LogP contribution in [0.1, 0.15) is 56.3 Å². The van der Waals surface area contributed by atoms with E-state index >= 15 is 0 Å². The summed E-state index contributed by atoms with van der Waals surface area (Å²) in [4.78, 5) is 7.55. The maximum absolute atomic E-state index is 6.05. The Bertz CT molecular complexity index is 886. The van der Waals surface area contributed by atoms with Gasteiger partial charge in [0.05, 0.1) is 33.0 Å². The summed E-state index contributed by atoms with van der Waals surface area (Å²) in [5, 5.41) is 7.85. The Morgan fingerprint density at radius 2 is 2.03 bits per heavy atom. The number of aryl methyl sites for hydroxylation is 1. The molecule has 7 nitrogen and oxygen atoms in total. The largest absolute Gasteiger partial charge is 0.497 e. The summed E-state index contributed by atoms with van der Waals surface area (Å²) in [5.74, 6) is 1.90. The van der Waals surface area contributed by atoms with Gasteiger partial charge in [0.1, 0.15) is 11.9 Å². The number of ether oxygens (including phenoxy) is 2. The molecule has 0 spiro atoms. The molecular weight excluding hydrogens is 402 g/mol. The lowest BCUT2D eigenvalue weighted by Crippen LogP contribution is -2.48. The molecule has 1 aliphatic heterocycles. The number of methoxy groups -OCH3 is 1. The van der Waals surface area contributed by atoms with Crippen molar-refractivity contribution in [3.63, 3.8) is 0 Å². The molecule has 2 fully saturated rings. The summed E-state index contributed by atoms with van der Waals surface area (Å²) < 4.78 is 13.3. The lowest BCUT2D eigenvalue weighted by Gasteiger charge is -2.38. The second kappa shape index (κ2) is 10.4. The smallest absolute Gasteiger partial charge is 0.194 e. The number of hydrogen-bond acceptors (Lipinski definition) is 4. The van der Waals surface area contributed by atoms with Crippen LogP contribution in [0.5, 0.6) is 5.75 Å². The van der Waals surface area contributed by atoms with Crippen molar-refractivity contribution in [2.45, 2.75) is 50.5 Å². The van der Waals surface area contributed by atoms with E-state index in [1.165, 1.54) is 37.7 Å². The maximum Gasteiger partial charge on any atom is 0.194 e. The van der Waals surface area contributed by atoms with E-state index in [0.29, 0.717) is 6.61 Å². The number of hydrogen-bond donors (Lipinski definition) is 1. The summed E-state index contributed by atoms with van der Waals surface area (Å²) in [5.41, 5.74) is 2.60. The minimum absolute atomic E-state index is 0.0199. The predicted octanol–water partition coefficient (Wildman–Crippen LogP) is 3.67. The van der Waals surface area contributed by atoms with Crippen molar-refractivity contribution in [1.29, 1.82) is 0 Å². The van der Waals surface area contributed by atoms with Gasteiger partial charge in [0.2, 0.25) is 0 Å². The Hall–Kier alpha value is -2.54. The summed E-state index contributed by atoms with van der Waals surface area (Å²) in [6.45, 7) is 6.10. The maximum atomic E-state index is 6.05. The molecule has 1 aliphatic carbocycles. The Kier molecular flexibility index (Phi) is 7.35. The van der Waals surface area contributed by atoms with Crippen LogP contribution in [0.4, 0.5) is 0 Å². The van der Waals surface area contributed by atoms with Gasteiger partial charge in [-0.2, -0.15) is 5.10 Å². The molecule has 1 saturated heterocycles. The minimum atomic E-state index is 0.0199. The molecule has 2 aliphatic rings. The fourth-order valence-corrected chi connectivity index (χ4v) is 5.01. The lowest BCUT2D eigenvalue weighted by atomic mass is 9.69. The Balaban J connectivity index is 1.54. The van der Waals surface area contributed by atoms with Crippen LogP contribution < -0.4 is 10.1 Å². The normalized spacial score (nSPS) is 21.4.